The second-order valence-corrected chi connectivity index (χ2v) is 5.65. The second kappa shape index (κ2) is 5.72. The van der Waals surface area contributed by atoms with Crippen LogP contribution in [0.4, 0.5) is 4.39 Å². The lowest BCUT2D eigenvalue weighted by molar-refractivity contribution is -0.127. The number of ether oxygens (including phenoxy) is 1. The molecule has 0 saturated heterocycles. The topological polar surface area (TPSA) is 88.5 Å². The third-order valence-corrected chi connectivity index (χ3v) is 4.02. The lowest BCUT2D eigenvalue weighted by atomic mass is 10.1. The van der Waals surface area contributed by atoms with Crippen LogP contribution in [0.2, 0.25) is 0 Å². The zero-order valence-corrected chi connectivity index (χ0v) is 12.0. The van der Waals surface area contributed by atoms with E-state index in [4.69, 9.17) is 9.84 Å². The minimum absolute atomic E-state index is 0.0470. The van der Waals surface area contributed by atoms with E-state index in [9.17, 15) is 14.0 Å². The summed E-state index contributed by atoms with van der Waals surface area (Å²) in [6.07, 6.45) is -0.410. The van der Waals surface area contributed by atoms with Gasteiger partial charge in [0.05, 0.1) is 6.54 Å². The number of thiazole rings is 1. The molecule has 22 heavy (non-hydrogen) atoms. The molecule has 2 N–H and O–H groups in total. The standard InChI is InChI=1S/C14H11FN2O4S/c15-8-1-2-10-7(3-8)4-11(21-10)13(18)16-5-12-17-9(6-22-12)14(19)20/h1-3,6,11H,4-5H2,(H,16,18)(H,19,20). The maximum Gasteiger partial charge on any atom is 0.355 e. The van der Waals surface area contributed by atoms with Crippen molar-refractivity contribution in [2.45, 2.75) is 19.1 Å². The molecule has 1 aliphatic heterocycles. The normalized spacial score (nSPS) is 16.0. The zero-order chi connectivity index (χ0) is 15.7. The number of benzene rings is 1. The monoisotopic (exact) mass is 322 g/mol. The Morgan fingerprint density at radius 1 is 1.50 bits per heavy atom. The summed E-state index contributed by atoms with van der Waals surface area (Å²) in [5.74, 6) is -1.31. The highest BCUT2D eigenvalue weighted by atomic mass is 32.1. The van der Waals surface area contributed by atoms with E-state index in [1.165, 1.54) is 23.6 Å². The van der Waals surface area contributed by atoms with E-state index in [1.807, 2.05) is 0 Å². The summed E-state index contributed by atoms with van der Waals surface area (Å²) in [6, 6.07) is 4.13. The molecule has 0 aliphatic carbocycles. The number of hydrogen-bond donors (Lipinski definition) is 2. The summed E-state index contributed by atoms with van der Waals surface area (Å²) in [4.78, 5) is 26.6. The van der Waals surface area contributed by atoms with Crippen molar-refractivity contribution in [2.24, 2.45) is 0 Å². The van der Waals surface area contributed by atoms with Gasteiger partial charge in [0.1, 0.15) is 16.6 Å². The Labute approximate surface area is 128 Å². The van der Waals surface area contributed by atoms with E-state index in [2.05, 4.69) is 10.3 Å². The molecule has 6 nitrogen and oxygen atoms in total. The van der Waals surface area contributed by atoms with E-state index < -0.39 is 12.1 Å². The van der Waals surface area contributed by atoms with Crippen LogP contribution in [0.15, 0.2) is 23.6 Å². The van der Waals surface area contributed by atoms with Gasteiger partial charge in [0, 0.05) is 17.4 Å². The van der Waals surface area contributed by atoms with E-state index in [1.54, 1.807) is 0 Å². The summed E-state index contributed by atoms with van der Waals surface area (Å²) in [5, 5.41) is 13.3. The predicted molar refractivity (Wildman–Crippen MR) is 75.4 cm³/mol. The van der Waals surface area contributed by atoms with Gasteiger partial charge in [-0.25, -0.2) is 14.2 Å². The highest BCUT2D eigenvalue weighted by molar-refractivity contribution is 7.09. The third kappa shape index (κ3) is 2.91. The number of carboxylic acids is 1. The van der Waals surface area contributed by atoms with Crippen molar-refractivity contribution in [3.8, 4) is 5.75 Å². The van der Waals surface area contributed by atoms with Gasteiger partial charge in [-0.15, -0.1) is 11.3 Å². The fraction of sp³-hybridized carbons (Fsp3) is 0.214. The minimum Gasteiger partial charge on any atom is -0.480 e. The number of carbonyl (C=O) groups is 2. The number of amides is 1. The number of aromatic carboxylic acids is 1. The first kappa shape index (κ1) is 14.5. The summed E-state index contributed by atoms with van der Waals surface area (Å²) < 4.78 is 18.6. The molecular formula is C14H11FN2O4S. The van der Waals surface area contributed by atoms with E-state index in [0.717, 1.165) is 11.3 Å². The lowest BCUT2D eigenvalue weighted by Crippen LogP contribution is -2.37. The van der Waals surface area contributed by atoms with Crippen molar-refractivity contribution in [1.29, 1.82) is 0 Å². The maximum absolute atomic E-state index is 13.1. The molecule has 0 radical (unpaired) electrons. The van der Waals surface area contributed by atoms with Crippen molar-refractivity contribution in [3.63, 3.8) is 0 Å². The number of nitrogens with one attached hydrogen (secondary N) is 1. The average molecular weight is 322 g/mol. The number of hydrogen-bond acceptors (Lipinski definition) is 5. The molecule has 0 spiro atoms. The molecule has 1 aliphatic rings. The first-order valence-electron chi connectivity index (χ1n) is 6.43. The fourth-order valence-electron chi connectivity index (χ4n) is 2.13. The van der Waals surface area contributed by atoms with Crippen LogP contribution in [-0.2, 0) is 17.8 Å². The number of aromatic nitrogens is 1. The Morgan fingerprint density at radius 3 is 3.05 bits per heavy atom. The summed E-state index contributed by atoms with van der Waals surface area (Å²) in [7, 11) is 0. The molecule has 0 fully saturated rings. The van der Waals surface area contributed by atoms with Crippen molar-refractivity contribution in [2.75, 3.05) is 0 Å². The number of fused-ring (bicyclic) bond motifs is 1. The highest BCUT2D eigenvalue weighted by Crippen LogP contribution is 2.29. The third-order valence-electron chi connectivity index (χ3n) is 3.17. The fourth-order valence-corrected chi connectivity index (χ4v) is 2.84. The van der Waals surface area contributed by atoms with Crippen LogP contribution in [0.25, 0.3) is 0 Å². The van der Waals surface area contributed by atoms with Gasteiger partial charge >= 0.3 is 5.97 Å². The van der Waals surface area contributed by atoms with Crippen molar-refractivity contribution >= 4 is 23.2 Å². The van der Waals surface area contributed by atoms with E-state index in [0.29, 0.717) is 22.7 Å². The second-order valence-electron chi connectivity index (χ2n) is 4.71. The molecule has 2 aromatic rings. The smallest absolute Gasteiger partial charge is 0.355 e. The van der Waals surface area contributed by atoms with Gasteiger partial charge in [-0.2, -0.15) is 0 Å². The summed E-state index contributed by atoms with van der Waals surface area (Å²) in [5.41, 5.74) is 0.608. The molecule has 1 unspecified atom stereocenters. The van der Waals surface area contributed by atoms with Crippen LogP contribution in [0.3, 0.4) is 0 Å². The first-order valence-corrected chi connectivity index (χ1v) is 7.31. The zero-order valence-electron chi connectivity index (χ0n) is 11.2. The molecular weight excluding hydrogens is 311 g/mol. The van der Waals surface area contributed by atoms with Crippen LogP contribution >= 0.6 is 11.3 Å². The Kier molecular flexibility index (Phi) is 3.76. The van der Waals surface area contributed by atoms with Gasteiger partial charge in [-0.3, -0.25) is 4.79 Å². The van der Waals surface area contributed by atoms with Crippen LogP contribution in [-0.4, -0.2) is 28.1 Å². The van der Waals surface area contributed by atoms with Gasteiger partial charge in [-0.05, 0) is 18.2 Å². The molecule has 2 heterocycles. The number of carbonyl (C=O) groups excluding carboxylic acids is 1. The molecule has 1 aromatic carbocycles. The molecule has 1 aromatic heterocycles. The van der Waals surface area contributed by atoms with Crippen LogP contribution in [0.5, 0.6) is 5.75 Å². The number of carboxylic acid groups (broad SMARTS) is 1. The van der Waals surface area contributed by atoms with Gasteiger partial charge < -0.3 is 15.2 Å². The van der Waals surface area contributed by atoms with Crippen molar-refractivity contribution in [1.82, 2.24) is 10.3 Å². The molecule has 0 saturated carbocycles. The van der Waals surface area contributed by atoms with Crippen molar-refractivity contribution < 1.29 is 23.8 Å². The number of rotatable bonds is 4. The van der Waals surface area contributed by atoms with Gasteiger partial charge in [-0.1, -0.05) is 0 Å². The Bertz CT molecular complexity index is 746. The Morgan fingerprint density at radius 2 is 2.32 bits per heavy atom. The Hall–Kier alpha value is -2.48. The maximum atomic E-state index is 13.1. The highest BCUT2D eigenvalue weighted by Gasteiger charge is 2.29. The van der Waals surface area contributed by atoms with E-state index in [-0.39, 0.29) is 24.0 Å². The minimum atomic E-state index is -1.11. The van der Waals surface area contributed by atoms with Gasteiger partial charge in [0.15, 0.2) is 11.8 Å². The summed E-state index contributed by atoms with van der Waals surface area (Å²) >= 11 is 1.15. The number of nitrogens with zero attached hydrogens (tertiary/aromatic N) is 1. The van der Waals surface area contributed by atoms with Crippen LogP contribution in [0, 0.1) is 5.82 Å². The quantitative estimate of drug-likeness (QED) is 0.892. The van der Waals surface area contributed by atoms with Crippen LogP contribution < -0.4 is 10.1 Å². The number of halogens is 1. The molecule has 1 atom stereocenters. The van der Waals surface area contributed by atoms with Gasteiger partial charge in [0.25, 0.3) is 5.91 Å². The van der Waals surface area contributed by atoms with Crippen molar-refractivity contribution in [3.05, 3.63) is 45.7 Å². The largest absolute Gasteiger partial charge is 0.480 e. The SMILES string of the molecule is O=C(O)c1csc(CNC(=O)C2Cc3cc(F)ccc3O2)n1. The molecule has 1 amide bonds. The first-order chi connectivity index (χ1) is 10.5. The molecule has 3 rings (SSSR count). The molecule has 0 bridgehead atoms. The average Bonchev–Trinajstić information content (AvgIpc) is 3.10. The molecule has 114 valence electrons. The van der Waals surface area contributed by atoms with Crippen LogP contribution in [0.1, 0.15) is 21.1 Å². The van der Waals surface area contributed by atoms with E-state index >= 15 is 0 Å². The predicted octanol–water partition coefficient (Wildman–Crippen LogP) is 1.60. The summed E-state index contributed by atoms with van der Waals surface area (Å²) in [6.45, 7) is 0.126. The molecule has 8 heteroatoms. The Balaban J connectivity index is 1.58. The van der Waals surface area contributed by atoms with Gasteiger partial charge in [0.2, 0.25) is 0 Å². The lowest BCUT2D eigenvalue weighted by Gasteiger charge is -2.10.